The van der Waals surface area contributed by atoms with Gasteiger partial charge < -0.3 is 13.9 Å². The zero-order valence-corrected chi connectivity index (χ0v) is 26.5. The number of benzene rings is 3. The maximum absolute atomic E-state index is 13.3. The lowest BCUT2D eigenvalue weighted by Crippen LogP contribution is -2.36. The molecule has 1 aliphatic rings. The van der Waals surface area contributed by atoms with Gasteiger partial charge in [-0.25, -0.2) is 8.42 Å². The number of thioether (sulfide) groups is 1. The summed E-state index contributed by atoms with van der Waals surface area (Å²) in [5, 5.41) is 1.64. The van der Waals surface area contributed by atoms with Crippen LogP contribution in [-0.2, 0) is 23.2 Å². The van der Waals surface area contributed by atoms with Crippen molar-refractivity contribution in [3.05, 3.63) is 103 Å². The van der Waals surface area contributed by atoms with Gasteiger partial charge in [0, 0.05) is 29.6 Å². The van der Waals surface area contributed by atoms with Crippen LogP contribution in [0.5, 0.6) is 0 Å². The summed E-state index contributed by atoms with van der Waals surface area (Å²) in [6.07, 6.45) is 1.96. The van der Waals surface area contributed by atoms with E-state index in [1.807, 2.05) is 61.9 Å². The average molecular weight is 658 g/mol. The molecule has 3 heterocycles. The molecule has 0 radical (unpaired) electrons. The summed E-state index contributed by atoms with van der Waals surface area (Å²) >= 11 is 9.35. The Labute approximate surface area is 263 Å². The molecule has 0 aliphatic carbocycles. The molecule has 6 rings (SSSR count). The highest BCUT2D eigenvalue weighted by Crippen LogP contribution is 2.44. The number of thiazole rings is 1. The summed E-state index contributed by atoms with van der Waals surface area (Å²) in [6.45, 7) is 7.21. The first-order valence-electron chi connectivity index (χ1n) is 13.1. The van der Waals surface area contributed by atoms with Crippen LogP contribution in [0, 0.1) is 6.92 Å². The van der Waals surface area contributed by atoms with Crippen molar-refractivity contribution in [2.45, 2.75) is 51.1 Å². The molecule has 226 valence electrons. The molecule has 0 N–H and O–H groups in total. The van der Waals surface area contributed by atoms with Crippen molar-refractivity contribution in [2.75, 3.05) is 11.9 Å². The van der Waals surface area contributed by atoms with E-state index in [2.05, 4.69) is 28.5 Å². The van der Waals surface area contributed by atoms with Crippen molar-refractivity contribution >= 4 is 72.7 Å². The fraction of sp³-hybridized carbons (Fsp3) is 0.226. The minimum absolute atomic E-state index is 0. The van der Waals surface area contributed by atoms with E-state index in [1.54, 1.807) is 23.9 Å². The molecule has 0 fully saturated rings. The van der Waals surface area contributed by atoms with Crippen LogP contribution in [0.2, 0.25) is 5.02 Å². The van der Waals surface area contributed by atoms with Crippen LogP contribution < -0.4 is 24.2 Å². The molecule has 0 unspecified atom stereocenters. The predicted molar refractivity (Wildman–Crippen MR) is 174 cm³/mol. The Morgan fingerprint density at radius 2 is 1.77 bits per heavy atom. The van der Waals surface area contributed by atoms with Crippen LogP contribution in [0.25, 0.3) is 22.2 Å². The molecule has 1 aliphatic heterocycles. The van der Waals surface area contributed by atoms with E-state index in [0.717, 1.165) is 43.1 Å². The van der Waals surface area contributed by atoms with Crippen molar-refractivity contribution in [1.29, 1.82) is 0 Å². The highest BCUT2D eigenvalue weighted by molar-refractivity contribution is 8.08. The normalized spacial score (nSPS) is 14.4. The lowest BCUT2D eigenvalue weighted by Gasteiger charge is -2.11. The summed E-state index contributed by atoms with van der Waals surface area (Å²) in [5.41, 5.74) is 3.80. The lowest BCUT2D eigenvalue weighted by molar-refractivity contribution is -0.674. The molecule has 3 aromatic carbocycles. The number of hydrogen-bond acceptors (Lipinski definition) is 8. The topological polar surface area (TPSA) is 99.5 Å². The Bertz CT molecular complexity index is 2080. The van der Waals surface area contributed by atoms with Crippen molar-refractivity contribution < 1.29 is 22.0 Å². The minimum atomic E-state index is -4.27. The van der Waals surface area contributed by atoms with Gasteiger partial charge in [0.05, 0.1) is 16.7 Å². The number of anilines is 1. The Balaban J connectivity index is 0.000000300. The van der Waals surface area contributed by atoms with E-state index >= 15 is 0 Å². The maximum Gasteiger partial charge on any atom is 0.377 e. The number of fused-ring (bicyclic) bond motifs is 2. The van der Waals surface area contributed by atoms with Crippen LogP contribution in [0.15, 0.2) is 85.7 Å². The molecule has 2 aromatic heterocycles. The number of halogens is 1. The molecule has 12 heteroatoms. The summed E-state index contributed by atoms with van der Waals surface area (Å²) in [6, 6.07) is 19.6. The van der Waals surface area contributed by atoms with E-state index in [9.17, 15) is 17.8 Å². The Morgan fingerprint density at radius 1 is 1.07 bits per heavy atom. The number of aryl methyl sites for hydroxylation is 2. The van der Waals surface area contributed by atoms with Crippen molar-refractivity contribution in [1.82, 2.24) is 4.57 Å². The quantitative estimate of drug-likeness (QED) is 0.191. The molecule has 0 bridgehead atoms. The monoisotopic (exact) mass is 657 g/mol. The number of oxazole rings is 1. The van der Waals surface area contributed by atoms with E-state index in [1.165, 1.54) is 28.4 Å². The van der Waals surface area contributed by atoms with Crippen LogP contribution in [0.1, 0.15) is 32.7 Å². The van der Waals surface area contributed by atoms with Crippen molar-refractivity contribution in [3.63, 3.8) is 0 Å². The number of hydrogen-bond donors (Lipinski definition) is 0. The first kappa shape index (κ1) is 32.6. The smallest absolute Gasteiger partial charge is 0.377 e. The minimum Gasteiger partial charge on any atom is -0.744 e. The maximum atomic E-state index is 13.3. The summed E-state index contributed by atoms with van der Waals surface area (Å²) in [5.74, 6) is 0.704. The van der Waals surface area contributed by atoms with Gasteiger partial charge in [0.2, 0.25) is 5.58 Å². The number of nitrogens with zero attached hydrogens (tertiary/aromatic N) is 3. The molecule has 0 saturated carbocycles. The zero-order valence-electron chi connectivity index (χ0n) is 23.3. The summed E-state index contributed by atoms with van der Waals surface area (Å²) in [4.78, 5) is 16.4. The molecule has 0 atom stereocenters. The lowest BCUT2D eigenvalue weighted by atomic mass is 10.2. The summed E-state index contributed by atoms with van der Waals surface area (Å²) in [7, 11) is -2.25. The SMILES string of the molecule is C.CCn1c(=Cc2oc3ccc(Cl)cc3[n+]2CC)s/c(=C2\Sc3ccccc3N2C)c1=O.Cc1ccc(S(=O)(=O)[O-])cc1. The Kier molecular flexibility index (Phi) is 9.93. The number of aromatic nitrogens is 2. The van der Waals surface area contributed by atoms with Gasteiger partial charge in [-0.15, -0.1) is 11.3 Å². The molecule has 5 aromatic rings. The fourth-order valence-electron chi connectivity index (χ4n) is 4.59. The van der Waals surface area contributed by atoms with E-state index < -0.39 is 10.1 Å². The second-order valence-electron chi connectivity index (χ2n) is 9.46. The second-order valence-corrected chi connectivity index (χ2v) is 13.3. The van der Waals surface area contributed by atoms with Gasteiger partial charge in [0.1, 0.15) is 30.9 Å². The standard InChI is InChI=1S/C23H21ClN3O2S2.C7H8O3S.CH4/c1-4-26-16-12-14(24)10-11-17(16)29-19(26)13-20-27(5-2)22(28)21(31-20)23-25(3)15-8-6-7-9-18(15)30-23;1-6-2-4-7(5-3-6)11(8,9)10;/h6-13H,4-5H2,1-3H3;2-5H,1H3,(H,8,9,10);1H4/q+1;;/p-1/b23-21-;;. The van der Waals surface area contributed by atoms with Gasteiger partial charge in [0.15, 0.2) is 0 Å². The molecule has 0 spiro atoms. The van der Waals surface area contributed by atoms with Crippen molar-refractivity contribution in [3.8, 4) is 0 Å². The number of rotatable bonds is 4. The third-order valence-electron chi connectivity index (χ3n) is 6.73. The molecular weight excluding hydrogens is 626 g/mol. The van der Waals surface area contributed by atoms with Gasteiger partial charge >= 0.3 is 5.89 Å². The Hall–Kier alpha value is -3.35. The zero-order chi connectivity index (χ0) is 30.2. The largest absolute Gasteiger partial charge is 0.744 e. The second kappa shape index (κ2) is 13.1. The van der Waals surface area contributed by atoms with Gasteiger partial charge in [-0.05, 0) is 57.2 Å². The first-order valence-corrected chi connectivity index (χ1v) is 16.5. The van der Waals surface area contributed by atoms with Gasteiger partial charge in [-0.3, -0.25) is 9.36 Å². The fourth-order valence-corrected chi connectivity index (χ4v) is 7.67. The van der Waals surface area contributed by atoms with E-state index in [-0.39, 0.29) is 17.9 Å². The van der Waals surface area contributed by atoms with Crippen molar-refractivity contribution in [2.24, 2.45) is 0 Å². The summed E-state index contributed by atoms with van der Waals surface area (Å²) < 4.78 is 42.8. The molecule has 0 saturated heterocycles. The Morgan fingerprint density at radius 3 is 2.40 bits per heavy atom. The number of para-hydroxylation sites is 1. The molecule has 8 nitrogen and oxygen atoms in total. The van der Waals surface area contributed by atoms with Crippen LogP contribution >= 0.6 is 34.7 Å². The average Bonchev–Trinajstić information content (AvgIpc) is 3.58. The van der Waals surface area contributed by atoms with Gasteiger partial charge in [-0.2, -0.15) is 4.57 Å². The van der Waals surface area contributed by atoms with E-state index in [4.69, 9.17) is 16.0 Å². The third-order valence-corrected chi connectivity index (χ3v) is 10.3. The third kappa shape index (κ3) is 6.61. The van der Waals surface area contributed by atoms with Crippen LogP contribution in [0.4, 0.5) is 5.69 Å². The highest BCUT2D eigenvalue weighted by Gasteiger charge is 2.25. The van der Waals surface area contributed by atoms with Crippen LogP contribution in [-0.4, -0.2) is 24.6 Å². The van der Waals surface area contributed by atoms with Gasteiger partial charge in [0.25, 0.3) is 11.1 Å². The molecule has 43 heavy (non-hydrogen) atoms. The molecular formula is C31H32ClN3O5S3. The van der Waals surface area contributed by atoms with Gasteiger partial charge in [-0.1, -0.05) is 60.6 Å². The first-order chi connectivity index (χ1) is 20.0. The molecule has 0 amide bonds. The van der Waals surface area contributed by atoms with Crippen LogP contribution in [0.3, 0.4) is 0 Å². The highest BCUT2D eigenvalue weighted by atomic mass is 35.5. The van der Waals surface area contributed by atoms with E-state index in [0.29, 0.717) is 17.5 Å². The predicted octanol–water partition coefficient (Wildman–Crippen LogP) is 5.31.